The summed E-state index contributed by atoms with van der Waals surface area (Å²) in [6, 6.07) is 10.7. The largest absolute Gasteiger partial charge is 0.489 e. The summed E-state index contributed by atoms with van der Waals surface area (Å²) in [7, 11) is 1.70. The molecule has 2 fully saturated rings. The van der Waals surface area contributed by atoms with Crippen LogP contribution in [-0.4, -0.2) is 67.7 Å². The number of anilines is 2. The maximum Gasteiger partial charge on any atom is 0.342 e. The number of hydrogen-bond acceptors (Lipinski definition) is 6. The predicted molar refractivity (Wildman–Crippen MR) is 139 cm³/mol. The van der Waals surface area contributed by atoms with Crippen LogP contribution in [0.25, 0.3) is 0 Å². The third kappa shape index (κ3) is 4.71. The number of rotatable bonds is 4. The van der Waals surface area contributed by atoms with E-state index < -0.39 is 12.1 Å². The number of fused-ring (bicyclic) bond motifs is 1. The topological polar surface area (TPSA) is 88.9 Å². The van der Waals surface area contributed by atoms with Crippen molar-refractivity contribution >= 4 is 23.3 Å². The van der Waals surface area contributed by atoms with Gasteiger partial charge in [0.05, 0.1) is 11.9 Å². The Morgan fingerprint density at radius 1 is 1.13 bits per heavy atom. The number of carbonyl (C=O) groups is 2. The van der Waals surface area contributed by atoms with E-state index in [-0.39, 0.29) is 18.3 Å². The van der Waals surface area contributed by atoms with Crippen LogP contribution < -0.4 is 19.9 Å². The van der Waals surface area contributed by atoms with Crippen molar-refractivity contribution in [2.75, 3.05) is 49.8 Å². The summed E-state index contributed by atoms with van der Waals surface area (Å²) in [6.07, 6.45) is 5.86. The van der Waals surface area contributed by atoms with Gasteiger partial charge in [0.2, 0.25) is 0 Å². The number of nitrogens with zero attached hydrogens (tertiary/aromatic N) is 4. The van der Waals surface area contributed by atoms with Crippen LogP contribution in [0, 0.1) is 11.2 Å². The van der Waals surface area contributed by atoms with Crippen LogP contribution in [0.2, 0.25) is 0 Å². The van der Waals surface area contributed by atoms with Gasteiger partial charge in [0.15, 0.2) is 0 Å². The standard InChI is InChI=1S/C28H30FN5O4/c1-32-24-13-22(33-17-28(18-33)8-10-37-11-9-28)6-7-25(24)38-16-23(26(32)35)31-27(36)34-15-20(14-30-34)12-19-2-4-21(29)5-3-19/h2-7,13-15,23H,8-12,16-18H2,1H3,(H,31,36)/t23-/m1/s1. The molecule has 2 aromatic carbocycles. The Morgan fingerprint density at radius 3 is 2.66 bits per heavy atom. The van der Waals surface area contributed by atoms with Gasteiger partial charge in [-0.2, -0.15) is 9.78 Å². The van der Waals surface area contributed by atoms with E-state index >= 15 is 0 Å². The van der Waals surface area contributed by atoms with Gasteiger partial charge in [0, 0.05) is 57.1 Å². The third-order valence-corrected chi connectivity index (χ3v) is 7.77. The Labute approximate surface area is 220 Å². The average Bonchev–Trinajstić information content (AvgIpc) is 3.35. The van der Waals surface area contributed by atoms with Crippen LogP contribution in [0.15, 0.2) is 54.9 Å². The van der Waals surface area contributed by atoms with Crippen LogP contribution in [0.1, 0.15) is 24.0 Å². The molecule has 2 amide bonds. The van der Waals surface area contributed by atoms with Crippen molar-refractivity contribution in [1.29, 1.82) is 0 Å². The minimum atomic E-state index is -0.873. The maximum atomic E-state index is 13.3. The van der Waals surface area contributed by atoms with Crippen molar-refractivity contribution in [2.45, 2.75) is 25.3 Å². The molecular weight excluding hydrogens is 489 g/mol. The van der Waals surface area contributed by atoms with Gasteiger partial charge in [-0.15, -0.1) is 0 Å². The number of carbonyl (C=O) groups excluding carboxylic acids is 2. The van der Waals surface area contributed by atoms with Crippen LogP contribution in [0.4, 0.5) is 20.6 Å². The third-order valence-electron chi connectivity index (χ3n) is 7.77. The van der Waals surface area contributed by atoms with Crippen LogP contribution in [0.5, 0.6) is 5.75 Å². The van der Waals surface area contributed by atoms with Crippen LogP contribution in [-0.2, 0) is 16.0 Å². The Hall–Kier alpha value is -3.92. The quantitative estimate of drug-likeness (QED) is 0.570. The lowest BCUT2D eigenvalue weighted by Gasteiger charge is -2.53. The zero-order chi connectivity index (χ0) is 26.3. The van der Waals surface area contributed by atoms with E-state index in [0.29, 0.717) is 23.3 Å². The fourth-order valence-corrected chi connectivity index (χ4v) is 5.47. The number of ether oxygens (including phenoxy) is 2. The van der Waals surface area contributed by atoms with Gasteiger partial charge in [-0.25, -0.2) is 9.18 Å². The van der Waals surface area contributed by atoms with Crippen molar-refractivity contribution in [2.24, 2.45) is 5.41 Å². The van der Waals surface area contributed by atoms with Gasteiger partial charge in [0.25, 0.3) is 5.91 Å². The van der Waals surface area contributed by atoms with Gasteiger partial charge < -0.3 is 24.6 Å². The molecule has 0 unspecified atom stereocenters. The zero-order valence-corrected chi connectivity index (χ0v) is 21.2. The summed E-state index contributed by atoms with van der Waals surface area (Å²) in [5, 5.41) is 6.88. The molecule has 6 rings (SSSR count). The van der Waals surface area contributed by atoms with Gasteiger partial charge >= 0.3 is 6.03 Å². The van der Waals surface area contributed by atoms with E-state index in [1.54, 1.807) is 36.5 Å². The van der Waals surface area contributed by atoms with E-state index in [2.05, 4.69) is 15.3 Å². The molecular formula is C28H30FN5O4. The lowest BCUT2D eigenvalue weighted by atomic mass is 9.73. The predicted octanol–water partition coefficient (Wildman–Crippen LogP) is 3.21. The summed E-state index contributed by atoms with van der Waals surface area (Å²) < 4.78 is 25.8. The molecule has 1 aromatic heterocycles. The normalized spacial score (nSPS) is 20.4. The van der Waals surface area contributed by atoms with Crippen LogP contribution >= 0.6 is 0 Å². The Morgan fingerprint density at radius 2 is 1.89 bits per heavy atom. The monoisotopic (exact) mass is 519 g/mol. The Bertz CT molecular complexity index is 1340. The molecule has 0 saturated carbocycles. The molecule has 4 heterocycles. The molecule has 1 atom stereocenters. The Kier molecular flexibility index (Phi) is 6.27. The summed E-state index contributed by atoms with van der Waals surface area (Å²) in [5.74, 6) is 0.0344. The Balaban J connectivity index is 1.10. The molecule has 1 N–H and O–H groups in total. The van der Waals surface area contributed by atoms with Gasteiger partial charge in [0.1, 0.15) is 24.2 Å². The molecule has 10 heteroatoms. The van der Waals surface area contributed by atoms with Crippen molar-refractivity contribution in [1.82, 2.24) is 15.1 Å². The van der Waals surface area contributed by atoms with Crippen molar-refractivity contribution in [3.63, 3.8) is 0 Å². The van der Waals surface area contributed by atoms with E-state index in [9.17, 15) is 14.0 Å². The lowest BCUT2D eigenvalue weighted by molar-refractivity contribution is -0.120. The number of likely N-dealkylation sites (N-methyl/N-ethyl adjacent to an activating group) is 1. The number of benzene rings is 2. The zero-order valence-electron chi connectivity index (χ0n) is 21.2. The number of amides is 2. The second kappa shape index (κ2) is 9.75. The second-order valence-corrected chi connectivity index (χ2v) is 10.4. The molecule has 3 aliphatic heterocycles. The molecule has 9 nitrogen and oxygen atoms in total. The fourth-order valence-electron chi connectivity index (χ4n) is 5.47. The van der Waals surface area contributed by atoms with Gasteiger partial charge in [-0.05, 0) is 54.3 Å². The highest BCUT2D eigenvalue weighted by atomic mass is 19.1. The highest BCUT2D eigenvalue weighted by Crippen LogP contribution is 2.44. The van der Waals surface area contributed by atoms with E-state index in [0.717, 1.165) is 60.6 Å². The second-order valence-electron chi connectivity index (χ2n) is 10.4. The molecule has 0 bridgehead atoms. The van der Waals surface area contributed by atoms with Crippen molar-refractivity contribution in [3.05, 3.63) is 71.8 Å². The smallest absolute Gasteiger partial charge is 0.342 e. The average molecular weight is 520 g/mol. The molecule has 38 heavy (non-hydrogen) atoms. The minimum absolute atomic E-state index is 0.0117. The van der Waals surface area contributed by atoms with E-state index in [4.69, 9.17) is 9.47 Å². The molecule has 0 radical (unpaired) electrons. The van der Waals surface area contributed by atoms with Crippen molar-refractivity contribution in [3.8, 4) is 5.75 Å². The fraction of sp³-hybridized carbons (Fsp3) is 0.393. The summed E-state index contributed by atoms with van der Waals surface area (Å²) in [4.78, 5) is 30.1. The number of hydrogen-bond donors (Lipinski definition) is 1. The molecule has 2 saturated heterocycles. The molecule has 198 valence electrons. The van der Waals surface area contributed by atoms with Gasteiger partial charge in [-0.3, -0.25) is 4.79 Å². The SMILES string of the molecule is CN1C(=O)[C@H](NC(=O)n2cc(Cc3ccc(F)cc3)cn2)COc2ccc(N3CC4(CCOCC4)C3)cc21. The first kappa shape index (κ1) is 24.4. The van der Waals surface area contributed by atoms with Crippen molar-refractivity contribution < 1.29 is 23.5 Å². The highest BCUT2D eigenvalue weighted by Gasteiger charge is 2.44. The lowest BCUT2D eigenvalue weighted by Crippen LogP contribution is -2.58. The summed E-state index contributed by atoms with van der Waals surface area (Å²) >= 11 is 0. The molecule has 3 aromatic rings. The minimum Gasteiger partial charge on any atom is -0.489 e. The van der Waals surface area contributed by atoms with E-state index in [1.165, 1.54) is 12.1 Å². The number of aromatic nitrogens is 2. The maximum absolute atomic E-state index is 13.3. The van der Waals surface area contributed by atoms with Gasteiger partial charge in [-0.1, -0.05) is 12.1 Å². The number of halogens is 1. The molecule has 1 spiro atoms. The first-order valence-electron chi connectivity index (χ1n) is 12.9. The highest BCUT2D eigenvalue weighted by molar-refractivity contribution is 6.01. The molecule has 3 aliphatic rings. The first-order chi connectivity index (χ1) is 18.4. The van der Waals surface area contributed by atoms with Crippen LogP contribution in [0.3, 0.4) is 0 Å². The summed E-state index contributed by atoms with van der Waals surface area (Å²) in [5.41, 5.74) is 3.76. The van der Waals surface area contributed by atoms with E-state index in [1.807, 2.05) is 18.2 Å². The molecule has 0 aliphatic carbocycles. The number of nitrogens with one attached hydrogen (secondary N) is 1. The summed E-state index contributed by atoms with van der Waals surface area (Å²) in [6.45, 7) is 3.63. The first-order valence-corrected chi connectivity index (χ1v) is 12.9.